The van der Waals surface area contributed by atoms with Gasteiger partial charge in [-0.2, -0.15) is 0 Å². The average Bonchev–Trinajstić information content (AvgIpc) is 3.34. The molecule has 4 aromatic rings. The maximum atomic E-state index is 13.2. The van der Waals surface area contributed by atoms with Crippen molar-refractivity contribution < 1.29 is 9.21 Å². The lowest BCUT2D eigenvalue weighted by molar-refractivity contribution is 0.0692. The zero-order valence-corrected chi connectivity index (χ0v) is 18.7. The fourth-order valence-corrected chi connectivity index (χ4v) is 4.19. The van der Waals surface area contributed by atoms with E-state index in [4.69, 9.17) is 16.0 Å². The van der Waals surface area contributed by atoms with Crippen LogP contribution in [0.1, 0.15) is 46.5 Å². The molecular formula is C25H22ClN5O2. The molecule has 8 heteroatoms. The quantitative estimate of drug-likeness (QED) is 0.426. The zero-order valence-electron chi connectivity index (χ0n) is 17.9. The minimum Gasteiger partial charge on any atom is -0.445 e. The Morgan fingerprint density at radius 1 is 1.09 bits per heavy atom. The van der Waals surface area contributed by atoms with Gasteiger partial charge in [-0.3, -0.25) is 4.79 Å². The topological polar surface area (TPSA) is 85.0 Å². The zero-order chi connectivity index (χ0) is 22.6. The summed E-state index contributed by atoms with van der Waals surface area (Å²) in [6.45, 7) is 1.24. The van der Waals surface area contributed by atoms with Gasteiger partial charge in [0.2, 0.25) is 0 Å². The average molecular weight is 460 g/mol. The minimum atomic E-state index is -0.0913. The molecule has 0 spiro atoms. The maximum Gasteiger partial charge on any atom is 0.272 e. The van der Waals surface area contributed by atoms with E-state index in [-0.39, 0.29) is 11.8 Å². The van der Waals surface area contributed by atoms with Crippen molar-refractivity contribution >= 4 is 17.5 Å². The van der Waals surface area contributed by atoms with Crippen molar-refractivity contribution in [1.29, 1.82) is 0 Å². The van der Waals surface area contributed by atoms with E-state index in [1.165, 1.54) is 6.33 Å². The number of aromatic nitrogens is 4. The van der Waals surface area contributed by atoms with E-state index in [0.717, 1.165) is 29.7 Å². The molecule has 1 fully saturated rings. The number of pyridine rings is 1. The second-order valence-corrected chi connectivity index (χ2v) is 8.53. The maximum absolute atomic E-state index is 13.2. The summed E-state index contributed by atoms with van der Waals surface area (Å²) in [6, 6.07) is 13.1. The molecule has 0 radical (unpaired) electrons. The van der Waals surface area contributed by atoms with Crippen molar-refractivity contribution in [2.75, 3.05) is 13.1 Å². The Morgan fingerprint density at radius 3 is 2.73 bits per heavy atom. The Kier molecular flexibility index (Phi) is 6.13. The monoisotopic (exact) mass is 459 g/mol. The fraction of sp³-hybridized carbons (Fsp3) is 0.240. The number of hydrogen-bond acceptors (Lipinski definition) is 6. The third-order valence-corrected chi connectivity index (χ3v) is 6.00. The van der Waals surface area contributed by atoms with Crippen molar-refractivity contribution in [1.82, 2.24) is 24.8 Å². The molecule has 1 atom stereocenters. The molecule has 166 valence electrons. The molecule has 1 amide bonds. The fourth-order valence-electron chi connectivity index (χ4n) is 4.07. The molecule has 0 saturated carbocycles. The molecule has 33 heavy (non-hydrogen) atoms. The van der Waals surface area contributed by atoms with Gasteiger partial charge in [-0.25, -0.2) is 19.9 Å². The first-order chi connectivity index (χ1) is 16.2. The standard InChI is InChI=1S/C25H22ClN5O2/c26-20-8-6-17(7-9-20)11-21-14-29-24(33-21)18-3-2-10-31(15-18)25(32)23-5-1-4-22(30-23)19-12-27-16-28-13-19/h1,4-9,12-14,16,18H,2-3,10-11,15H2/t18-/m1/s1. The van der Waals surface area contributed by atoms with Crippen molar-refractivity contribution in [3.8, 4) is 11.3 Å². The molecule has 1 aliphatic rings. The van der Waals surface area contributed by atoms with Gasteiger partial charge in [-0.05, 0) is 42.7 Å². The summed E-state index contributed by atoms with van der Waals surface area (Å²) < 4.78 is 6.06. The second-order valence-electron chi connectivity index (χ2n) is 8.09. The number of nitrogens with zero attached hydrogens (tertiary/aromatic N) is 5. The number of hydrogen-bond donors (Lipinski definition) is 0. The molecule has 1 aliphatic heterocycles. The van der Waals surface area contributed by atoms with Crippen LogP contribution in [-0.4, -0.2) is 43.8 Å². The van der Waals surface area contributed by atoms with E-state index < -0.39 is 0 Å². The van der Waals surface area contributed by atoms with Crippen LogP contribution in [0.3, 0.4) is 0 Å². The highest BCUT2D eigenvalue weighted by atomic mass is 35.5. The largest absolute Gasteiger partial charge is 0.445 e. The van der Waals surface area contributed by atoms with Crippen LogP contribution in [0.15, 0.2) is 71.8 Å². The molecule has 0 bridgehead atoms. The second kappa shape index (κ2) is 9.50. The highest BCUT2D eigenvalue weighted by Gasteiger charge is 2.29. The third kappa shape index (κ3) is 4.93. The summed E-state index contributed by atoms with van der Waals surface area (Å²) >= 11 is 5.97. The summed E-state index contributed by atoms with van der Waals surface area (Å²) in [6.07, 6.45) is 9.08. The number of amides is 1. The molecule has 0 unspecified atom stereocenters. The van der Waals surface area contributed by atoms with Crippen molar-refractivity contribution in [2.24, 2.45) is 0 Å². The lowest BCUT2D eigenvalue weighted by Crippen LogP contribution is -2.39. The Morgan fingerprint density at radius 2 is 1.91 bits per heavy atom. The van der Waals surface area contributed by atoms with Crippen LogP contribution >= 0.6 is 11.6 Å². The smallest absolute Gasteiger partial charge is 0.272 e. The van der Waals surface area contributed by atoms with Crippen LogP contribution in [0, 0.1) is 0 Å². The number of piperidine rings is 1. The molecule has 5 rings (SSSR count). The van der Waals surface area contributed by atoms with E-state index in [0.29, 0.717) is 41.8 Å². The minimum absolute atomic E-state index is 0.0624. The number of carbonyl (C=O) groups is 1. The molecule has 7 nitrogen and oxygen atoms in total. The van der Waals surface area contributed by atoms with Gasteiger partial charge in [0.05, 0.1) is 17.8 Å². The van der Waals surface area contributed by atoms with Crippen LogP contribution < -0.4 is 0 Å². The Labute approximate surface area is 196 Å². The van der Waals surface area contributed by atoms with Gasteiger partial charge in [0.1, 0.15) is 17.8 Å². The van der Waals surface area contributed by atoms with E-state index in [1.54, 1.807) is 24.7 Å². The van der Waals surface area contributed by atoms with Gasteiger partial charge < -0.3 is 9.32 Å². The molecular weight excluding hydrogens is 438 g/mol. The van der Waals surface area contributed by atoms with Crippen molar-refractivity contribution in [2.45, 2.75) is 25.2 Å². The van der Waals surface area contributed by atoms with Gasteiger partial charge in [0.25, 0.3) is 5.91 Å². The molecule has 0 N–H and O–H groups in total. The summed E-state index contributed by atoms with van der Waals surface area (Å²) in [5, 5.41) is 0.709. The van der Waals surface area contributed by atoms with Crippen LogP contribution in [0.25, 0.3) is 11.3 Å². The first-order valence-corrected chi connectivity index (χ1v) is 11.2. The number of benzene rings is 1. The number of rotatable bonds is 5. The predicted octanol–water partition coefficient (Wildman–Crippen LogP) is 4.79. The Hall–Kier alpha value is -3.58. The summed E-state index contributed by atoms with van der Waals surface area (Å²) in [5.41, 5.74) is 2.97. The molecule has 0 aliphatic carbocycles. The molecule has 4 heterocycles. The SMILES string of the molecule is O=C(c1cccc(-c2cncnc2)n1)N1CCC[C@@H](c2ncc(Cc3ccc(Cl)cc3)o2)C1. The third-order valence-electron chi connectivity index (χ3n) is 5.75. The van der Waals surface area contributed by atoms with Gasteiger partial charge in [0, 0.05) is 42.5 Å². The molecule has 1 saturated heterocycles. The van der Waals surface area contributed by atoms with Crippen molar-refractivity contribution in [3.05, 3.63) is 95.3 Å². The Balaban J connectivity index is 1.28. The van der Waals surface area contributed by atoms with E-state index in [1.807, 2.05) is 41.3 Å². The highest BCUT2D eigenvalue weighted by Crippen LogP contribution is 2.28. The summed E-state index contributed by atoms with van der Waals surface area (Å²) in [5.74, 6) is 1.45. The highest BCUT2D eigenvalue weighted by molar-refractivity contribution is 6.30. The van der Waals surface area contributed by atoms with Gasteiger partial charge in [-0.15, -0.1) is 0 Å². The van der Waals surface area contributed by atoms with Crippen LogP contribution in [0.2, 0.25) is 5.02 Å². The normalized spacial score (nSPS) is 16.0. The first kappa shape index (κ1) is 21.3. The first-order valence-electron chi connectivity index (χ1n) is 10.9. The number of carbonyl (C=O) groups excluding carboxylic acids is 1. The van der Waals surface area contributed by atoms with E-state index >= 15 is 0 Å². The Bertz CT molecular complexity index is 1240. The van der Waals surface area contributed by atoms with Crippen LogP contribution in [0.4, 0.5) is 0 Å². The summed E-state index contributed by atoms with van der Waals surface area (Å²) in [7, 11) is 0. The van der Waals surface area contributed by atoms with E-state index in [2.05, 4.69) is 19.9 Å². The van der Waals surface area contributed by atoms with E-state index in [9.17, 15) is 4.79 Å². The molecule has 3 aromatic heterocycles. The van der Waals surface area contributed by atoms with Crippen molar-refractivity contribution in [3.63, 3.8) is 0 Å². The summed E-state index contributed by atoms with van der Waals surface area (Å²) in [4.78, 5) is 32.2. The molecule has 1 aromatic carbocycles. The van der Waals surface area contributed by atoms with Gasteiger partial charge in [0.15, 0.2) is 5.89 Å². The van der Waals surface area contributed by atoms with Gasteiger partial charge >= 0.3 is 0 Å². The van der Waals surface area contributed by atoms with Gasteiger partial charge in [-0.1, -0.05) is 29.8 Å². The number of halogens is 1. The van der Waals surface area contributed by atoms with Crippen LogP contribution in [0.5, 0.6) is 0 Å². The lowest BCUT2D eigenvalue weighted by atomic mass is 9.97. The number of likely N-dealkylation sites (tertiary alicyclic amines) is 1. The van der Waals surface area contributed by atoms with Crippen LogP contribution in [-0.2, 0) is 6.42 Å². The number of oxazole rings is 1. The lowest BCUT2D eigenvalue weighted by Gasteiger charge is -2.31. The predicted molar refractivity (Wildman–Crippen MR) is 124 cm³/mol.